The molecule has 1 fully saturated rings. The van der Waals surface area contributed by atoms with Crippen LogP contribution >= 0.6 is 0 Å². The van der Waals surface area contributed by atoms with E-state index in [0.29, 0.717) is 5.69 Å². The van der Waals surface area contributed by atoms with Crippen LogP contribution in [0.15, 0.2) is 12.1 Å². The summed E-state index contributed by atoms with van der Waals surface area (Å²) in [5.74, 6) is 0.878. The summed E-state index contributed by atoms with van der Waals surface area (Å²) in [6, 6.07) is 6.07. The first kappa shape index (κ1) is 14.8. The summed E-state index contributed by atoms with van der Waals surface area (Å²) in [6.45, 7) is 8.27. The van der Waals surface area contributed by atoms with Gasteiger partial charge in [0.15, 0.2) is 0 Å². The zero-order chi connectivity index (χ0) is 14.5. The molecule has 1 saturated heterocycles. The first-order valence-corrected chi connectivity index (χ1v) is 7.17. The summed E-state index contributed by atoms with van der Waals surface area (Å²) in [4.78, 5) is 8.90. The van der Waals surface area contributed by atoms with Gasteiger partial charge in [0.05, 0.1) is 6.10 Å². The molecule has 1 aliphatic rings. The maximum absolute atomic E-state index is 9.69. The molecule has 0 saturated carbocycles. The van der Waals surface area contributed by atoms with Gasteiger partial charge in [-0.1, -0.05) is 13.0 Å². The highest BCUT2D eigenvalue weighted by Gasteiger charge is 2.20. The van der Waals surface area contributed by atoms with E-state index in [2.05, 4.69) is 20.9 Å². The molecule has 5 heteroatoms. The molecule has 108 valence electrons. The van der Waals surface area contributed by atoms with Gasteiger partial charge in [-0.2, -0.15) is 5.26 Å². The van der Waals surface area contributed by atoms with Gasteiger partial charge in [0.2, 0.25) is 0 Å². The predicted molar refractivity (Wildman–Crippen MR) is 78.6 cm³/mol. The fourth-order valence-electron chi connectivity index (χ4n) is 2.39. The maximum atomic E-state index is 9.69. The minimum absolute atomic E-state index is 0.232. The molecule has 0 aromatic carbocycles. The quantitative estimate of drug-likeness (QED) is 0.892. The molecule has 1 atom stereocenters. The molecule has 5 nitrogen and oxygen atoms in total. The van der Waals surface area contributed by atoms with Crippen molar-refractivity contribution in [1.29, 1.82) is 5.26 Å². The third-order valence-electron chi connectivity index (χ3n) is 3.82. The Morgan fingerprint density at radius 2 is 2.05 bits per heavy atom. The summed E-state index contributed by atoms with van der Waals surface area (Å²) >= 11 is 0. The minimum Gasteiger partial charge on any atom is -0.392 e. The smallest absolute Gasteiger partial charge is 0.145 e. The molecule has 0 aliphatic carbocycles. The number of β-amino-alcohol motifs (C(OH)–C–C–N with tert-alkyl or cyclic N) is 1. The van der Waals surface area contributed by atoms with Gasteiger partial charge in [-0.05, 0) is 25.0 Å². The van der Waals surface area contributed by atoms with Gasteiger partial charge in [0.25, 0.3) is 0 Å². The van der Waals surface area contributed by atoms with E-state index in [0.717, 1.165) is 50.5 Å². The highest BCUT2D eigenvalue weighted by molar-refractivity contribution is 5.45. The van der Waals surface area contributed by atoms with E-state index in [9.17, 15) is 5.11 Å². The van der Waals surface area contributed by atoms with E-state index in [1.165, 1.54) is 0 Å². The van der Waals surface area contributed by atoms with Crippen molar-refractivity contribution in [3.63, 3.8) is 0 Å². The van der Waals surface area contributed by atoms with Crippen molar-refractivity contribution in [2.75, 3.05) is 37.6 Å². The number of nitrogens with zero attached hydrogens (tertiary/aromatic N) is 4. The molecule has 20 heavy (non-hydrogen) atoms. The number of aliphatic hydroxyl groups is 1. The topological polar surface area (TPSA) is 63.4 Å². The Morgan fingerprint density at radius 1 is 1.35 bits per heavy atom. The second kappa shape index (κ2) is 6.69. The molecular formula is C15H22N4O. The Morgan fingerprint density at radius 3 is 2.65 bits per heavy atom. The largest absolute Gasteiger partial charge is 0.392 e. The monoisotopic (exact) mass is 274 g/mol. The van der Waals surface area contributed by atoms with E-state index < -0.39 is 0 Å². The molecule has 2 rings (SSSR count). The number of nitriles is 1. The summed E-state index contributed by atoms with van der Waals surface area (Å²) in [6.07, 6.45) is 0.565. The molecule has 1 aliphatic heterocycles. The van der Waals surface area contributed by atoms with Crippen molar-refractivity contribution >= 4 is 5.82 Å². The van der Waals surface area contributed by atoms with Gasteiger partial charge in [0, 0.05) is 32.7 Å². The van der Waals surface area contributed by atoms with Crippen LogP contribution in [-0.4, -0.2) is 53.8 Å². The summed E-state index contributed by atoms with van der Waals surface area (Å²) in [7, 11) is 0. The lowest BCUT2D eigenvalue weighted by atomic mass is 10.2. The van der Waals surface area contributed by atoms with Crippen molar-refractivity contribution in [3.05, 3.63) is 23.4 Å². The van der Waals surface area contributed by atoms with E-state index in [1.807, 2.05) is 26.0 Å². The van der Waals surface area contributed by atoms with Crippen LogP contribution in [0.5, 0.6) is 0 Å². The van der Waals surface area contributed by atoms with Crippen LogP contribution in [0.25, 0.3) is 0 Å². The lowest BCUT2D eigenvalue weighted by Crippen LogP contribution is -2.48. The third kappa shape index (κ3) is 3.47. The van der Waals surface area contributed by atoms with E-state index in [4.69, 9.17) is 5.26 Å². The van der Waals surface area contributed by atoms with Gasteiger partial charge in [-0.25, -0.2) is 4.98 Å². The molecule has 2 heterocycles. The molecule has 1 aromatic rings. The van der Waals surface area contributed by atoms with Crippen LogP contribution in [0.4, 0.5) is 5.82 Å². The highest BCUT2D eigenvalue weighted by atomic mass is 16.3. The summed E-state index contributed by atoms with van der Waals surface area (Å²) in [5.41, 5.74) is 1.42. The van der Waals surface area contributed by atoms with Crippen LogP contribution in [-0.2, 0) is 0 Å². The van der Waals surface area contributed by atoms with Crippen molar-refractivity contribution < 1.29 is 5.11 Å². The molecular weight excluding hydrogens is 252 g/mol. The van der Waals surface area contributed by atoms with Gasteiger partial charge < -0.3 is 10.0 Å². The molecule has 0 radical (unpaired) electrons. The third-order valence-corrected chi connectivity index (χ3v) is 3.82. The molecule has 1 N–H and O–H groups in total. The van der Waals surface area contributed by atoms with Crippen molar-refractivity contribution in [3.8, 4) is 6.07 Å². The van der Waals surface area contributed by atoms with Crippen LogP contribution in [0, 0.1) is 18.3 Å². The normalized spacial score (nSPS) is 17.8. The van der Waals surface area contributed by atoms with Crippen LogP contribution < -0.4 is 4.90 Å². The van der Waals surface area contributed by atoms with Crippen LogP contribution in [0.2, 0.25) is 0 Å². The molecule has 0 spiro atoms. The number of pyridine rings is 1. The van der Waals surface area contributed by atoms with E-state index >= 15 is 0 Å². The molecule has 0 amide bonds. The average Bonchev–Trinajstić information content (AvgIpc) is 2.48. The number of anilines is 1. The summed E-state index contributed by atoms with van der Waals surface area (Å²) in [5, 5.41) is 18.7. The van der Waals surface area contributed by atoms with E-state index in [-0.39, 0.29) is 6.10 Å². The zero-order valence-electron chi connectivity index (χ0n) is 12.2. The Labute approximate surface area is 120 Å². The number of aliphatic hydroxyl groups excluding tert-OH is 1. The van der Waals surface area contributed by atoms with Crippen LogP contribution in [0.3, 0.4) is 0 Å². The first-order chi connectivity index (χ1) is 9.63. The SMILES string of the molecule is CCC(O)CN1CCN(c2ccc(C)c(C#N)n2)CC1. The highest BCUT2D eigenvalue weighted by Crippen LogP contribution is 2.16. The zero-order valence-corrected chi connectivity index (χ0v) is 12.2. The van der Waals surface area contributed by atoms with Crippen molar-refractivity contribution in [1.82, 2.24) is 9.88 Å². The van der Waals surface area contributed by atoms with Gasteiger partial charge in [0.1, 0.15) is 17.6 Å². The maximum Gasteiger partial charge on any atom is 0.145 e. The second-order valence-electron chi connectivity index (χ2n) is 5.30. The Balaban J connectivity index is 1.95. The number of hydrogen-bond acceptors (Lipinski definition) is 5. The lowest BCUT2D eigenvalue weighted by molar-refractivity contribution is 0.106. The minimum atomic E-state index is -0.232. The number of aryl methyl sites for hydroxylation is 1. The lowest BCUT2D eigenvalue weighted by Gasteiger charge is -2.36. The van der Waals surface area contributed by atoms with E-state index in [1.54, 1.807) is 0 Å². The van der Waals surface area contributed by atoms with Crippen molar-refractivity contribution in [2.24, 2.45) is 0 Å². The van der Waals surface area contributed by atoms with Gasteiger partial charge in [-0.3, -0.25) is 4.90 Å². The Bertz CT molecular complexity index is 489. The Kier molecular flexibility index (Phi) is 4.94. The number of piperazine rings is 1. The number of rotatable bonds is 4. The Hall–Kier alpha value is -1.64. The van der Waals surface area contributed by atoms with Crippen LogP contribution in [0.1, 0.15) is 24.6 Å². The summed E-state index contributed by atoms with van der Waals surface area (Å²) < 4.78 is 0. The molecule has 1 aromatic heterocycles. The molecule has 1 unspecified atom stereocenters. The number of aromatic nitrogens is 1. The fraction of sp³-hybridized carbons (Fsp3) is 0.600. The number of hydrogen-bond donors (Lipinski definition) is 1. The van der Waals surface area contributed by atoms with Gasteiger partial charge >= 0.3 is 0 Å². The first-order valence-electron chi connectivity index (χ1n) is 7.17. The van der Waals surface area contributed by atoms with Crippen molar-refractivity contribution in [2.45, 2.75) is 26.4 Å². The molecule has 0 bridgehead atoms. The second-order valence-corrected chi connectivity index (χ2v) is 5.30. The fourth-order valence-corrected chi connectivity index (χ4v) is 2.39. The average molecular weight is 274 g/mol. The standard InChI is InChI=1S/C15H22N4O/c1-3-13(20)11-18-6-8-19(9-7-18)15-5-4-12(2)14(10-16)17-15/h4-5,13,20H,3,6-9,11H2,1-2H3. The van der Waals surface area contributed by atoms with Gasteiger partial charge in [-0.15, -0.1) is 0 Å². The predicted octanol–water partition coefficient (Wildman–Crippen LogP) is 1.15.